The summed E-state index contributed by atoms with van der Waals surface area (Å²) in [5, 5.41) is 2.14. The molecule has 0 unspecified atom stereocenters. The van der Waals surface area contributed by atoms with E-state index in [4.69, 9.17) is 4.74 Å². The van der Waals surface area contributed by atoms with Gasteiger partial charge in [-0.3, -0.25) is 0 Å². The number of alkyl carbamates (subject to hydrolysis) is 1. The van der Waals surface area contributed by atoms with Crippen molar-refractivity contribution in [1.82, 2.24) is 5.32 Å². The van der Waals surface area contributed by atoms with Gasteiger partial charge in [0.05, 0.1) is 6.61 Å². The second kappa shape index (κ2) is 5.32. The lowest BCUT2D eigenvalue weighted by Crippen LogP contribution is -2.49. The van der Waals surface area contributed by atoms with Crippen LogP contribution in [0.5, 0.6) is 5.75 Å². The van der Waals surface area contributed by atoms with E-state index in [1.807, 2.05) is 0 Å². The Morgan fingerprint density at radius 3 is 3.00 bits per heavy atom. The molecule has 0 bridgehead atoms. The third-order valence-corrected chi connectivity index (χ3v) is 3.16. The molecule has 1 atom stereocenters. The van der Waals surface area contributed by atoms with Crippen LogP contribution in [-0.2, 0) is 4.74 Å². The number of amides is 1. The minimum atomic E-state index is -3.19. The fourth-order valence-corrected chi connectivity index (χ4v) is 2.23. The maximum absolute atomic E-state index is 13.9. The Labute approximate surface area is 117 Å². The molecule has 0 radical (unpaired) electrons. The molecule has 1 aliphatic heterocycles. The molecule has 0 aliphatic carbocycles. The minimum Gasteiger partial charge on any atom is -0.494 e. The lowest BCUT2D eigenvalue weighted by molar-refractivity contribution is -0.104. The van der Waals surface area contributed by atoms with E-state index in [2.05, 4.69) is 26.0 Å². The Morgan fingerprint density at radius 1 is 1.58 bits per heavy atom. The van der Waals surface area contributed by atoms with Gasteiger partial charge in [-0.05, 0) is 25.1 Å². The van der Waals surface area contributed by atoms with Gasteiger partial charge in [0.1, 0.15) is 11.8 Å². The van der Waals surface area contributed by atoms with Crippen LogP contribution in [0.3, 0.4) is 0 Å². The summed E-state index contributed by atoms with van der Waals surface area (Å²) in [6.07, 6.45) is -0.863. The van der Waals surface area contributed by atoms with Crippen LogP contribution in [0.2, 0.25) is 0 Å². The van der Waals surface area contributed by atoms with Gasteiger partial charge in [-0.25, -0.2) is 13.6 Å². The molecule has 7 heteroatoms. The molecule has 0 saturated carbocycles. The van der Waals surface area contributed by atoms with Gasteiger partial charge in [-0.15, -0.1) is 0 Å². The average Bonchev–Trinajstić information content (AvgIpc) is 2.35. The highest BCUT2D eigenvalue weighted by Crippen LogP contribution is 2.39. The van der Waals surface area contributed by atoms with E-state index in [1.165, 1.54) is 6.07 Å². The van der Waals surface area contributed by atoms with Crippen molar-refractivity contribution < 1.29 is 23.0 Å². The van der Waals surface area contributed by atoms with Gasteiger partial charge in [0, 0.05) is 10.0 Å². The zero-order valence-corrected chi connectivity index (χ0v) is 11.7. The first kappa shape index (κ1) is 14.0. The van der Waals surface area contributed by atoms with Gasteiger partial charge in [0.15, 0.2) is 6.61 Å². The van der Waals surface area contributed by atoms with Crippen LogP contribution in [0.25, 0.3) is 0 Å². The highest BCUT2D eigenvalue weighted by molar-refractivity contribution is 9.10. The number of ether oxygens (including phenoxy) is 2. The summed E-state index contributed by atoms with van der Waals surface area (Å²) in [4.78, 5) is 11.2. The topological polar surface area (TPSA) is 47.6 Å². The van der Waals surface area contributed by atoms with Crippen molar-refractivity contribution in [3.63, 3.8) is 0 Å². The van der Waals surface area contributed by atoms with Gasteiger partial charge in [0.25, 0.3) is 0 Å². The zero-order valence-electron chi connectivity index (χ0n) is 10.1. The first-order chi connectivity index (χ1) is 8.94. The van der Waals surface area contributed by atoms with E-state index >= 15 is 0 Å². The second-order valence-corrected chi connectivity index (χ2v) is 4.95. The van der Waals surface area contributed by atoms with E-state index in [9.17, 15) is 13.6 Å². The van der Waals surface area contributed by atoms with Crippen LogP contribution >= 0.6 is 15.9 Å². The fraction of sp³-hybridized carbons (Fsp3) is 0.417. The number of halogens is 3. The molecule has 2 rings (SSSR count). The number of cyclic esters (lactones) is 1. The Kier molecular flexibility index (Phi) is 3.93. The molecule has 19 heavy (non-hydrogen) atoms. The number of rotatable bonds is 3. The van der Waals surface area contributed by atoms with Crippen LogP contribution in [0.4, 0.5) is 13.6 Å². The zero-order chi connectivity index (χ0) is 14.0. The number of carbonyl (C=O) groups excluding carboxylic acids is 1. The van der Waals surface area contributed by atoms with Crippen LogP contribution in [-0.4, -0.2) is 25.2 Å². The van der Waals surface area contributed by atoms with Crippen molar-refractivity contribution in [3.05, 3.63) is 28.2 Å². The van der Waals surface area contributed by atoms with Gasteiger partial charge in [0.2, 0.25) is 0 Å². The number of benzene rings is 1. The van der Waals surface area contributed by atoms with Crippen molar-refractivity contribution in [1.29, 1.82) is 0 Å². The van der Waals surface area contributed by atoms with E-state index in [0.717, 1.165) is 0 Å². The summed E-state index contributed by atoms with van der Waals surface area (Å²) in [5.74, 6) is -2.88. The Morgan fingerprint density at radius 2 is 2.32 bits per heavy atom. The Bertz CT molecular complexity index is 496. The van der Waals surface area contributed by atoms with Crippen molar-refractivity contribution in [2.75, 3.05) is 13.2 Å². The lowest BCUT2D eigenvalue weighted by atomic mass is 9.99. The molecule has 1 aliphatic rings. The number of hydrogen-bond acceptors (Lipinski definition) is 3. The van der Waals surface area contributed by atoms with Gasteiger partial charge in [-0.1, -0.05) is 15.9 Å². The largest absolute Gasteiger partial charge is 0.494 e. The molecular weight excluding hydrogens is 324 g/mol. The highest BCUT2D eigenvalue weighted by atomic mass is 79.9. The number of hydrogen-bond donors (Lipinski definition) is 1. The minimum absolute atomic E-state index is 0.220. The van der Waals surface area contributed by atoms with Crippen LogP contribution in [0.1, 0.15) is 18.5 Å². The molecule has 1 aromatic carbocycles. The molecule has 0 aromatic heterocycles. The van der Waals surface area contributed by atoms with Crippen LogP contribution in [0, 0.1) is 0 Å². The Balaban J connectivity index is 2.42. The van der Waals surface area contributed by atoms with Crippen molar-refractivity contribution in [2.24, 2.45) is 0 Å². The Hall–Kier alpha value is -1.37. The summed E-state index contributed by atoms with van der Waals surface area (Å²) in [6, 6.07) is 3.32. The van der Waals surface area contributed by atoms with Crippen molar-refractivity contribution >= 4 is 22.0 Å². The number of carbonyl (C=O) groups is 1. The number of alkyl halides is 2. The van der Waals surface area contributed by atoms with E-state index < -0.39 is 24.7 Å². The van der Waals surface area contributed by atoms with E-state index in [-0.39, 0.29) is 5.56 Å². The second-order valence-electron chi connectivity index (χ2n) is 4.03. The standard InChI is InChI=1S/C12H12BrF2NO3/c1-2-18-9-4-3-7(13)5-8(9)10-12(14,15)6-19-11(17)16-10/h3-5,10H,2,6H2,1H3,(H,16,17)/t10-/m1/s1. The van der Waals surface area contributed by atoms with E-state index in [1.54, 1.807) is 19.1 Å². The average molecular weight is 336 g/mol. The van der Waals surface area contributed by atoms with Gasteiger partial charge < -0.3 is 14.8 Å². The van der Waals surface area contributed by atoms with Gasteiger partial charge in [-0.2, -0.15) is 0 Å². The molecule has 1 N–H and O–H groups in total. The molecule has 104 valence electrons. The van der Waals surface area contributed by atoms with Crippen LogP contribution in [0.15, 0.2) is 22.7 Å². The third-order valence-electron chi connectivity index (χ3n) is 2.66. The van der Waals surface area contributed by atoms with Crippen molar-refractivity contribution in [2.45, 2.75) is 18.9 Å². The van der Waals surface area contributed by atoms with E-state index in [0.29, 0.717) is 16.8 Å². The van der Waals surface area contributed by atoms with Crippen LogP contribution < -0.4 is 10.1 Å². The summed E-state index contributed by atoms with van der Waals surface area (Å²) in [7, 11) is 0. The maximum Gasteiger partial charge on any atom is 0.408 e. The monoisotopic (exact) mass is 335 g/mol. The predicted molar refractivity (Wildman–Crippen MR) is 67.5 cm³/mol. The summed E-state index contributed by atoms with van der Waals surface area (Å²) >= 11 is 3.22. The maximum atomic E-state index is 13.9. The normalized spacial score (nSPS) is 21.5. The first-order valence-corrected chi connectivity index (χ1v) is 6.46. The predicted octanol–water partition coefficient (Wildman–Crippen LogP) is 3.26. The first-order valence-electron chi connectivity index (χ1n) is 5.67. The fourth-order valence-electron chi connectivity index (χ4n) is 1.85. The molecule has 1 aromatic rings. The highest BCUT2D eigenvalue weighted by Gasteiger charge is 2.48. The molecule has 4 nitrogen and oxygen atoms in total. The summed E-state index contributed by atoms with van der Waals surface area (Å²) in [5.41, 5.74) is 0.220. The number of nitrogens with one attached hydrogen (secondary N) is 1. The molecular formula is C12H12BrF2NO3. The lowest BCUT2D eigenvalue weighted by Gasteiger charge is -2.32. The molecule has 1 amide bonds. The molecule has 1 heterocycles. The molecule has 1 fully saturated rings. The molecule has 0 spiro atoms. The van der Waals surface area contributed by atoms with Crippen molar-refractivity contribution in [3.8, 4) is 5.75 Å². The summed E-state index contributed by atoms with van der Waals surface area (Å²) in [6.45, 7) is 1.16. The SMILES string of the molecule is CCOc1ccc(Br)cc1[C@H]1NC(=O)OCC1(F)F. The van der Waals surface area contributed by atoms with Gasteiger partial charge >= 0.3 is 12.0 Å². The molecule has 1 saturated heterocycles. The smallest absolute Gasteiger partial charge is 0.408 e. The third kappa shape index (κ3) is 2.97. The quantitative estimate of drug-likeness (QED) is 0.922. The summed E-state index contributed by atoms with van der Waals surface area (Å²) < 4.78 is 38.0.